The van der Waals surface area contributed by atoms with Crippen LogP contribution in [0.3, 0.4) is 0 Å². The van der Waals surface area contributed by atoms with Gasteiger partial charge in [-0.15, -0.1) is 0 Å². The molecule has 0 aromatic rings. The van der Waals surface area contributed by atoms with Crippen LogP contribution in [0.4, 0.5) is 0 Å². The van der Waals surface area contributed by atoms with Crippen LogP contribution in [0.15, 0.2) is 36.5 Å². The van der Waals surface area contributed by atoms with Gasteiger partial charge < -0.3 is 5.32 Å². The van der Waals surface area contributed by atoms with E-state index in [-0.39, 0.29) is 5.91 Å². The molecule has 2 heteroatoms. The minimum absolute atomic E-state index is 0.0171. The summed E-state index contributed by atoms with van der Waals surface area (Å²) in [5, 5.41) is 2.90. The Morgan fingerprint density at radius 3 is 1.88 bits per heavy atom. The molecule has 0 rings (SSSR count). The lowest BCUT2D eigenvalue weighted by Crippen LogP contribution is -2.21. The van der Waals surface area contributed by atoms with E-state index in [0.29, 0.717) is 0 Å². The van der Waals surface area contributed by atoms with Crippen molar-refractivity contribution in [2.45, 2.75) is 97.3 Å². The third-order valence-electron chi connectivity index (χ3n) is 4.21. The van der Waals surface area contributed by atoms with Gasteiger partial charge in [-0.3, -0.25) is 4.79 Å². The van der Waals surface area contributed by atoms with E-state index in [1.807, 2.05) is 12.2 Å². The van der Waals surface area contributed by atoms with Crippen molar-refractivity contribution in [1.29, 1.82) is 0 Å². The predicted molar refractivity (Wildman–Crippen MR) is 112 cm³/mol. The van der Waals surface area contributed by atoms with Crippen LogP contribution in [0, 0.1) is 0 Å². The SMILES string of the molecule is CCCCC/C=C/CCCCCC/C=C/C=C/C(=O)NCCCCC. The molecule has 0 aromatic carbocycles. The second kappa shape index (κ2) is 20.7. The Hall–Kier alpha value is -1.31. The first-order chi connectivity index (χ1) is 12.3. The van der Waals surface area contributed by atoms with Gasteiger partial charge in [0.25, 0.3) is 0 Å². The van der Waals surface area contributed by atoms with Crippen molar-refractivity contribution in [2.24, 2.45) is 0 Å². The van der Waals surface area contributed by atoms with E-state index >= 15 is 0 Å². The fourth-order valence-corrected chi connectivity index (χ4v) is 2.59. The van der Waals surface area contributed by atoms with Crippen LogP contribution in [0.2, 0.25) is 0 Å². The Kier molecular flexibility index (Phi) is 19.6. The van der Waals surface area contributed by atoms with Gasteiger partial charge in [-0.1, -0.05) is 82.8 Å². The maximum absolute atomic E-state index is 11.5. The zero-order valence-corrected chi connectivity index (χ0v) is 16.8. The summed E-state index contributed by atoms with van der Waals surface area (Å²) in [5.74, 6) is 0.0171. The number of hydrogen-bond donors (Lipinski definition) is 1. The number of carbonyl (C=O) groups is 1. The normalized spacial score (nSPS) is 11.9. The molecule has 0 aromatic heterocycles. The van der Waals surface area contributed by atoms with Crippen LogP contribution in [-0.4, -0.2) is 12.5 Å². The molecule has 0 heterocycles. The number of allylic oxidation sites excluding steroid dienone is 5. The molecule has 144 valence electrons. The van der Waals surface area contributed by atoms with Gasteiger partial charge in [0.05, 0.1) is 0 Å². The Morgan fingerprint density at radius 2 is 1.24 bits per heavy atom. The molecular formula is C23H41NO. The first-order valence-corrected chi connectivity index (χ1v) is 10.6. The van der Waals surface area contributed by atoms with Crippen LogP contribution in [0.25, 0.3) is 0 Å². The third kappa shape index (κ3) is 20.6. The Balaban J connectivity index is 3.37. The van der Waals surface area contributed by atoms with E-state index < -0.39 is 0 Å². The number of nitrogens with one attached hydrogen (secondary N) is 1. The Morgan fingerprint density at radius 1 is 0.680 bits per heavy atom. The van der Waals surface area contributed by atoms with Crippen molar-refractivity contribution in [2.75, 3.05) is 6.54 Å². The molecule has 0 unspecified atom stereocenters. The summed E-state index contributed by atoms with van der Waals surface area (Å²) < 4.78 is 0. The lowest BCUT2D eigenvalue weighted by atomic mass is 10.1. The minimum atomic E-state index is 0.0171. The highest BCUT2D eigenvalue weighted by Gasteiger charge is 1.92. The first kappa shape index (κ1) is 23.7. The van der Waals surface area contributed by atoms with E-state index in [1.54, 1.807) is 6.08 Å². The molecule has 2 nitrogen and oxygen atoms in total. The molecule has 0 saturated carbocycles. The molecule has 1 N–H and O–H groups in total. The predicted octanol–water partition coefficient (Wildman–Crippen LogP) is 6.88. The fourth-order valence-electron chi connectivity index (χ4n) is 2.59. The van der Waals surface area contributed by atoms with Crippen molar-refractivity contribution in [1.82, 2.24) is 5.32 Å². The molecule has 0 saturated heterocycles. The Bertz CT molecular complexity index is 368. The molecule has 1 amide bonds. The lowest BCUT2D eigenvalue weighted by molar-refractivity contribution is -0.116. The maximum Gasteiger partial charge on any atom is 0.243 e. The summed E-state index contributed by atoms with van der Waals surface area (Å²) in [6.45, 7) is 5.20. The molecule has 0 bridgehead atoms. The van der Waals surface area contributed by atoms with E-state index in [0.717, 1.165) is 19.4 Å². The standard InChI is InChI=1S/C23H41NO/c1-3-5-7-8-9-10-11-12-13-14-15-16-17-18-19-21-23(25)24-22-20-6-4-2/h9-10,17-19,21H,3-8,11-16,20,22H2,1-2H3,(H,24,25)/b10-9+,18-17+,21-19+. The number of rotatable bonds is 17. The zero-order valence-electron chi connectivity index (χ0n) is 16.8. The largest absolute Gasteiger partial charge is 0.353 e. The molecule has 0 spiro atoms. The second-order valence-corrected chi connectivity index (χ2v) is 6.74. The number of unbranched alkanes of at least 4 members (excludes halogenated alkanes) is 10. The summed E-state index contributed by atoms with van der Waals surface area (Å²) in [5.41, 5.74) is 0. The number of amides is 1. The van der Waals surface area contributed by atoms with Crippen molar-refractivity contribution < 1.29 is 4.79 Å². The molecule has 0 fully saturated rings. The first-order valence-electron chi connectivity index (χ1n) is 10.6. The fraction of sp³-hybridized carbons (Fsp3) is 0.696. The summed E-state index contributed by atoms with van der Waals surface area (Å²) in [7, 11) is 0. The molecule has 0 aliphatic carbocycles. The van der Waals surface area contributed by atoms with E-state index in [2.05, 4.69) is 37.4 Å². The summed E-state index contributed by atoms with van der Waals surface area (Å²) >= 11 is 0. The topological polar surface area (TPSA) is 29.1 Å². The smallest absolute Gasteiger partial charge is 0.243 e. The molecule has 0 aliphatic rings. The monoisotopic (exact) mass is 347 g/mol. The van der Waals surface area contributed by atoms with E-state index in [1.165, 1.54) is 70.6 Å². The van der Waals surface area contributed by atoms with Crippen LogP contribution in [-0.2, 0) is 4.79 Å². The zero-order chi connectivity index (χ0) is 18.4. The van der Waals surface area contributed by atoms with Crippen molar-refractivity contribution in [3.8, 4) is 0 Å². The summed E-state index contributed by atoms with van der Waals surface area (Å²) in [6.07, 6.45) is 28.5. The van der Waals surface area contributed by atoms with Crippen LogP contribution in [0.1, 0.15) is 97.3 Å². The van der Waals surface area contributed by atoms with Gasteiger partial charge in [0, 0.05) is 12.6 Å². The van der Waals surface area contributed by atoms with Crippen molar-refractivity contribution in [3.05, 3.63) is 36.5 Å². The van der Waals surface area contributed by atoms with E-state index in [4.69, 9.17) is 0 Å². The van der Waals surface area contributed by atoms with Crippen LogP contribution in [0.5, 0.6) is 0 Å². The van der Waals surface area contributed by atoms with Gasteiger partial charge in [0.2, 0.25) is 5.91 Å². The molecule has 0 atom stereocenters. The second-order valence-electron chi connectivity index (χ2n) is 6.74. The van der Waals surface area contributed by atoms with Gasteiger partial charge >= 0.3 is 0 Å². The highest BCUT2D eigenvalue weighted by molar-refractivity contribution is 5.87. The van der Waals surface area contributed by atoms with Crippen molar-refractivity contribution in [3.63, 3.8) is 0 Å². The molecule has 0 radical (unpaired) electrons. The van der Waals surface area contributed by atoms with Gasteiger partial charge in [-0.2, -0.15) is 0 Å². The molecular weight excluding hydrogens is 306 g/mol. The molecule has 0 aliphatic heterocycles. The molecule has 25 heavy (non-hydrogen) atoms. The number of hydrogen-bond acceptors (Lipinski definition) is 1. The Labute approximate surface area is 156 Å². The summed E-state index contributed by atoms with van der Waals surface area (Å²) in [4.78, 5) is 11.5. The number of carbonyl (C=O) groups excluding carboxylic acids is 1. The van der Waals surface area contributed by atoms with Gasteiger partial charge in [0.15, 0.2) is 0 Å². The average molecular weight is 348 g/mol. The van der Waals surface area contributed by atoms with Crippen LogP contribution >= 0.6 is 0 Å². The summed E-state index contributed by atoms with van der Waals surface area (Å²) in [6, 6.07) is 0. The maximum atomic E-state index is 11.5. The lowest BCUT2D eigenvalue weighted by Gasteiger charge is -1.99. The van der Waals surface area contributed by atoms with Crippen LogP contribution < -0.4 is 5.32 Å². The third-order valence-corrected chi connectivity index (χ3v) is 4.21. The van der Waals surface area contributed by atoms with Crippen molar-refractivity contribution >= 4 is 5.91 Å². The van der Waals surface area contributed by atoms with Gasteiger partial charge in [0.1, 0.15) is 0 Å². The van der Waals surface area contributed by atoms with E-state index in [9.17, 15) is 4.79 Å². The van der Waals surface area contributed by atoms with Gasteiger partial charge in [-0.05, 0) is 44.9 Å². The highest BCUT2D eigenvalue weighted by Crippen LogP contribution is 2.07. The average Bonchev–Trinajstić information content (AvgIpc) is 2.62. The minimum Gasteiger partial charge on any atom is -0.353 e. The highest BCUT2D eigenvalue weighted by atomic mass is 16.1. The quantitative estimate of drug-likeness (QED) is 0.132. The van der Waals surface area contributed by atoms with Gasteiger partial charge in [-0.25, -0.2) is 0 Å².